The number of ketones is 1. The monoisotopic (exact) mass is 270 g/mol. The van der Waals surface area contributed by atoms with Crippen molar-refractivity contribution in [3.05, 3.63) is 0 Å². The topological polar surface area (TPSA) is 69.7 Å². The lowest BCUT2D eigenvalue weighted by atomic mass is 9.70. The number of Topliss-reactive ketones (excluding diaryl/α,β-unsaturated/α-hetero) is 1. The van der Waals surface area contributed by atoms with Crippen molar-refractivity contribution in [2.24, 2.45) is 5.41 Å². The number of rotatable bonds is 6. The van der Waals surface area contributed by atoms with Crippen LogP contribution in [0, 0.1) is 5.41 Å². The first-order chi connectivity index (χ1) is 9.06. The molecule has 0 saturated heterocycles. The number of hydrogen-bond donors (Lipinski definition) is 0. The maximum atomic E-state index is 12.1. The molecule has 1 saturated carbocycles. The van der Waals surface area contributed by atoms with Crippen molar-refractivity contribution < 1.29 is 23.9 Å². The van der Waals surface area contributed by atoms with E-state index in [0.717, 1.165) is 12.8 Å². The highest BCUT2D eigenvalue weighted by atomic mass is 16.5. The van der Waals surface area contributed by atoms with Gasteiger partial charge in [0.05, 0.1) is 13.2 Å². The van der Waals surface area contributed by atoms with Crippen molar-refractivity contribution in [2.75, 3.05) is 13.2 Å². The van der Waals surface area contributed by atoms with Gasteiger partial charge in [0.25, 0.3) is 0 Å². The molecule has 0 aliphatic heterocycles. The smallest absolute Gasteiger partial charge is 0.319 e. The van der Waals surface area contributed by atoms with Crippen LogP contribution in [0.25, 0.3) is 0 Å². The maximum absolute atomic E-state index is 12.1. The third-order valence-corrected chi connectivity index (χ3v) is 3.52. The van der Waals surface area contributed by atoms with E-state index in [4.69, 9.17) is 9.47 Å². The summed E-state index contributed by atoms with van der Waals surface area (Å²) in [4.78, 5) is 35.7. The van der Waals surface area contributed by atoms with Gasteiger partial charge in [0.1, 0.15) is 11.2 Å². The molecule has 5 nitrogen and oxygen atoms in total. The summed E-state index contributed by atoms with van der Waals surface area (Å²) < 4.78 is 9.89. The molecule has 0 bridgehead atoms. The van der Waals surface area contributed by atoms with Crippen molar-refractivity contribution >= 4 is 17.7 Å². The first kappa shape index (κ1) is 15.7. The average Bonchev–Trinajstić information content (AvgIpc) is 2.38. The molecular formula is C14H22O5. The highest BCUT2D eigenvalue weighted by molar-refractivity contribution is 6.04. The minimum absolute atomic E-state index is 0.0817. The molecular weight excluding hydrogens is 248 g/mol. The van der Waals surface area contributed by atoms with Crippen LogP contribution in [-0.4, -0.2) is 30.9 Å². The highest BCUT2D eigenvalue weighted by Crippen LogP contribution is 2.38. The molecule has 108 valence electrons. The van der Waals surface area contributed by atoms with Gasteiger partial charge in [-0.3, -0.25) is 14.4 Å². The molecule has 0 heterocycles. The molecule has 0 aromatic heterocycles. The van der Waals surface area contributed by atoms with Gasteiger partial charge in [-0.25, -0.2) is 0 Å². The van der Waals surface area contributed by atoms with E-state index in [2.05, 4.69) is 0 Å². The lowest BCUT2D eigenvalue weighted by molar-refractivity contribution is -0.163. The predicted molar refractivity (Wildman–Crippen MR) is 68.4 cm³/mol. The highest BCUT2D eigenvalue weighted by Gasteiger charge is 2.47. The molecule has 0 N–H and O–H groups in total. The van der Waals surface area contributed by atoms with Crippen LogP contribution in [0.3, 0.4) is 0 Å². The minimum atomic E-state index is -1.12. The van der Waals surface area contributed by atoms with Gasteiger partial charge in [-0.15, -0.1) is 0 Å². The van der Waals surface area contributed by atoms with Gasteiger partial charge < -0.3 is 9.47 Å². The van der Waals surface area contributed by atoms with E-state index in [1.165, 1.54) is 0 Å². The zero-order valence-corrected chi connectivity index (χ0v) is 11.7. The first-order valence-electron chi connectivity index (χ1n) is 6.93. The van der Waals surface area contributed by atoms with Crippen LogP contribution in [0.5, 0.6) is 0 Å². The summed E-state index contributed by atoms with van der Waals surface area (Å²) in [5, 5.41) is 0. The largest absolute Gasteiger partial charge is 0.466 e. The molecule has 19 heavy (non-hydrogen) atoms. The fourth-order valence-electron chi connectivity index (χ4n) is 2.49. The standard InChI is InChI=1S/C14H22O5/c1-3-18-12(16)8-10-14(13(17)19-4-2)9-6-5-7-11(14)15/h3-10H2,1-2H3/t14-/m0/s1. The Morgan fingerprint density at radius 1 is 1.16 bits per heavy atom. The number of hydrogen-bond acceptors (Lipinski definition) is 5. The molecule has 0 aromatic rings. The molecule has 0 aromatic carbocycles. The fourth-order valence-corrected chi connectivity index (χ4v) is 2.49. The van der Waals surface area contributed by atoms with Crippen LogP contribution in [-0.2, 0) is 23.9 Å². The number of carbonyl (C=O) groups excluding carboxylic acids is 3. The van der Waals surface area contributed by atoms with E-state index >= 15 is 0 Å². The predicted octanol–water partition coefficient (Wildman–Crippen LogP) is 2.02. The number of carbonyl (C=O) groups is 3. The normalized spacial score (nSPS) is 22.9. The minimum Gasteiger partial charge on any atom is -0.466 e. The quantitative estimate of drug-likeness (QED) is 0.545. The van der Waals surface area contributed by atoms with Crippen LogP contribution in [0.4, 0.5) is 0 Å². The Morgan fingerprint density at radius 2 is 1.84 bits per heavy atom. The van der Waals surface area contributed by atoms with Crippen molar-refractivity contribution in [3.8, 4) is 0 Å². The third kappa shape index (κ3) is 3.78. The van der Waals surface area contributed by atoms with E-state index in [1.54, 1.807) is 13.8 Å². The lowest BCUT2D eigenvalue weighted by Gasteiger charge is -2.33. The summed E-state index contributed by atoms with van der Waals surface area (Å²) in [7, 11) is 0. The number of ether oxygens (including phenoxy) is 2. The Hall–Kier alpha value is -1.39. The summed E-state index contributed by atoms with van der Waals surface area (Å²) in [6.07, 6.45) is 2.76. The van der Waals surface area contributed by atoms with Crippen LogP contribution in [0.2, 0.25) is 0 Å². The molecule has 0 spiro atoms. The molecule has 1 rings (SSSR count). The summed E-state index contributed by atoms with van der Waals surface area (Å²) >= 11 is 0. The lowest BCUT2D eigenvalue weighted by Crippen LogP contribution is -2.43. The Balaban J connectivity index is 2.77. The fraction of sp³-hybridized carbons (Fsp3) is 0.786. The molecule has 1 aliphatic rings. The van der Waals surface area contributed by atoms with E-state index in [1.807, 2.05) is 0 Å². The van der Waals surface area contributed by atoms with E-state index < -0.39 is 11.4 Å². The summed E-state index contributed by atoms with van der Waals surface area (Å²) in [5.74, 6) is -0.949. The zero-order valence-electron chi connectivity index (χ0n) is 11.7. The third-order valence-electron chi connectivity index (χ3n) is 3.52. The molecule has 1 fully saturated rings. The van der Waals surface area contributed by atoms with Crippen molar-refractivity contribution in [2.45, 2.75) is 52.4 Å². The number of esters is 2. The maximum Gasteiger partial charge on any atom is 0.319 e. The van der Waals surface area contributed by atoms with Crippen LogP contribution >= 0.6 is 0 Å². The summed E-state index contributed by atoms with van der Waals surface area (Å²) in [6.45, 7) is 3.99. The SMILES string of the molecule is CCOC(=O)CC[C@@]1(C(=O)OCC)CCCCC1=O. The van der Waals surface area contributed by atoms with Gasteiger partial charge in [-0.05, 0) is 33.1 Å². The van der Waals surface area contributed by atoms with Gasteiger partial charge >= 0.3 is 11.9 Å². The van der Waals surface area contributed by atoms with Crippen molar-refractivity contribution in [3.63, 3.8) is 0 Å². The second kappa shape index (κ2) is 7.26. The summed E-state index contributed by atoms with van der Waals surface area (Å²) in [6, 6.07) is 0. The van der Waals surface area contributed by atoms with E-state index in [-0.39, 0.29) is 31.2 Å². The van der Waals surface area contributed by atoms with Gasteiger partial charge in [0.2, 0.25) is 0 Å². The van der Waals surface area contributed by atoms with Crippen LogP contribution < -0.4 is 0 Å². The van der Waals surface area contributed by atoms with Gasteiger partial charge in [0, 0.05) is 12.8 Å². The molecule has 0 radical (unpaired) electrons. The zero-order chi connectivity index (χ0) is 14.3. The Kier molecular flexibility index (Phi) is 5.99. The van der Waals surface area contributed by atoms with Crippen LogP contribution in [0.15, 0.2) is 0 Å². The van der Waals surface area contributed by atoms with E-state index in [0.29, 0.717) is 19.4 Å². The Labute approximate surface area is 113 Å². The average molecular weight is 270 g/mol. The molecule has 0 amide bonds. The van der Waals surface area contributed by atoms with E-state index in [9.17, 15) is 14.4 Å². The molecule has 1 aliphatic carbocycles. The second-order valence-corrected chi connectivity index (χ2v) is 4.74. The van der Waals surface area contributed by atoms with Gasteiger partial charge in [-0.1, -0.05) is 6.42 Å². The van der Waals surface area contributed by atoms with Gasteiger partial charge in [-0.2, -0.15) is 0 Å². The van der Waals surface area contributed by atoms with Gasteiger partial charge in [0.15, 0.2) is 0 Å². The molecule has 5 heteroatoms. The Bertz CT molecular complexity index is 350. The second-order valence-electron chi connectivity index (χ2n) is 4.74. The molecule has 1 atom stereocenters. The molecule has 0 unspecified atom stereocenters. The Morgan fingerprint density at radius 3 is 2.42 bits per heavy atom. The summed E-state index contributed by atoms with van der Waals surface area (Å²) in [5.41, 5.74) is -1.12. The van der Waals surface area contributed by atoms with Crippen molar-refractivity contribution in [1.82, 2.24) is 0 Å². The van der Waals surface area contributed by atoms with Crippen molar-refractivity contribution in [1.29, 1.82) is 0 Å². The van der Waals surface area contributed by atoms with Crippen LogP contribution in [0.1, 0.15) is 52.4 Å². The first-order valence-corrected chi connectivity index (χ1v) is 6.93.